The molecule has 0 saturated heterocycles. The van der Waals surface area contributed by atoms with E-state index in [2.05, 4.69) is 35.9 Å². The molecule has 0 unspecified atom stereocenters. The third-order valence-corrected chi connectivity index (χ3v) is 8.17. The standard InChI is InChI=1S/C16H14N2O2.C9H9BrO2.C9H8N2O2.C7H6N2.CH4O.Na.H/c19-16(20-12-13-4-2-1-3-5-13)11-18-9-7-14-6-8-17-10-15(14)18;10-6-9(11)12-7-8-4-2-1-3-5-8;12-9(13)6-11-4-2-7-1-3-10-5-8(7)11;1-3-8-5-7-6(1)2-4-9-7;1-2;;/h1-10H,11-12H2;1-5H,6-7H2;1-5H,6H2,(H,12,13);1-5,9H;2H,1H3;;/q;;;;;+1;-1. The molecule has 0 aliphatic heterocycles. The van der Waals surface area contributed by atoms with Crippen molar-refractivity contribution in [3.8, 4) is 0 Å². The molecule has 0 bridgehead atoms. The Bertz CT molecular complexity index is 2360. The number of alkyl halides is 1. The van der Waals surface area contributed by atoms with Crippen molar-refractivity contribution in [3.05, 3.63) is 164 Å². The maximum Gasteiger partial charge on any atom is 1.00 e. The Morgan fingerprint density at radius 2 is 1.12 bits per heavy atom. The number of aliphatic hydroxyl groups is 1. The number of carbonyl (C=O) groups is 3. The molecule has 0 aliphatic carbocycles. The Kier molecular flexibility index (Phi) is 20.5. The minimum absolute atomic E-state index is 0. The maximum atomic E-state index is 11.9. The van der Waals surface area contributed by atoms with Gasteiger partial charge in [-0.1, -0.05) is 76.6 Å². The Balaban J connectivity index is 0.000000270. The SMILES string of the molecule is CO.O=C(CBr)OCc1ccccc1.O=C(Cn1ccc2ccncc21)OCc1ccccc1.O=C(O)Cn1ccc2ccncc21.[H-].[Na+].c1cc2cc[nH]c2cn1. The summed E-state index contributed by atoms with van der Waals surface area (Å²) in [7, 11) is 1.00. The summed E-state index contributed by atoms with van der Waals surface area (Å²) >= 11 is 3.01. The average Bonchev–Trinajstić information content (AvgIpc) is 4.01. The van der Waals surface area contributed by atoms with Crippen LogP contribution in [0.15, 0.2) is 153 Å². The number of carbonyl (C=O) groups excluding carboxylic acids is 2. The number of halogens is 1. The smallest absolute Gasteiger partial charge is 1.00 e. The molecule has 290 valence electrons. The van der Waals surface area contributed by atoms with Crippen LogP contribution in [0.2, 0.25) is 0 Å². The number of H-pyrrole nitrogens is 1. The monoisotopic (exact) mass is 844 g/mol. The van der Waals surface area contributed by atoms with Gasteiger partial charge in [-0.2, -0.15) is 0 Å². The second kappa shape index (κ2) is 25.5. The first kappa shape index (κ1) is 45.7. The van der Waals surface area contributed by atoms with Crippen LogP contribution in [0.1, 0.15) is 12.6 Å². The topological polar surface area (TPSA) is 174 Å². The van der Waals surface area contributed by atoms with Crippen LogP contribution in [0.25, 0.3) is 32.7 Å². The number of aliphatic carboxylic acids is 1. The number of aliphatic hydroxyl groups excluding tert-OH is 1. The first-order valence-electron chi connectivity index (χ1n) is 17.2. The molecule has 3 N–H and O–H groups in total. The molecule has 8 aromatic rings. The molecule has 13 nitrogen and oxygen atoms in total. The van der Waals surface area contributed by atoms with Gasteiger partial charge in [0.1, 0.15) is 31.6 Å². The summed E-state index contributed by atoms with van der Waals surface area (Å²) in [6, 6.07) is 30.9. The summed E-state index contributed by atoms with van der Waals surface area (Å²) in [4.78, 5) is 48.1. The zero-order valence-corrected chi connectivity index (χ0v) is 35.1. The molecule has 0 spiro atoms. The second-order valence-electron chi connectivity index (χ2n) is 11.5. The summed E-state index contributed by atoms with van der Waals surface area (Å²) in [6.45, 7) is 0.833. The molecule has 6 aromatic heterocycles. The Morgan fingerprint density at radius 1 is 0.649 bits per heavy atom. The van der Waals surface area contributed by atoms with Gasteiger partial charge in [0.25, 0.3) is 0 Å². The van der Waals surface area contributed by atoms with E-state index in [0.717, 1.165) is 45.6 Å². The van der Waals surface area contributed by atoms with Gasteiger partial charge in [0.2, 0.25) is 0 Å². The number of aromatic amines is 1. The van der Waals surface area contributed by atoms with E-state index >= 15 is 0 Å². The molecule has 8 rings (SSSR count). The van der Waals surface area contributed by atoms with Crippen molar-refractivity contribution in [2.45, 2.75) is 26.3 Å². The summed E-state index contributed by atoms with van der Waals surface area (Å²) in [5.74, 6) is -1.34. The number of nitrogens with one attached hydrogen (secondary N) is 1. The number of aromatic nitrogens is 6. The quantitative estimate of drug-likeness (QED) is 0.108. The predicted octanol–water partition coefficient (Wildman–Crippen LogP) is 4.31. The number of rotatable bonds is 9. The summed E-state index contributed by atoms with van der Waals surface area (Å²) in [6.07, 6.45) is 16.0. The van der Waals surface area contributed by atoms with Gasteiger partial charge < -0.3 is 35.2 Å². The normalized spacial score (nSPS) is 9.81. The van der Waals surface area contributed by atoms with E-state index in [9.17, 15) is 14.4 Å². The van der Waals surface area contributed by atoms with E-state index in [1.54, 1.807) is 41.7 Å². The summed E-state index contributed by atoms with van der Waals surface area (Å²) in [5.41, 5.74) is 4.87. The number of carboxylic acids is 1. The number of hydrogen-bond donors (Lipinski definition) is 3. The van der Waals surface area contributed by atoms with Gasteiger partial charge in [0, 0.05) is 60.4 Å². The van der Waals surface area contributed by atoms with Crippen LogP contribution in [-0.2, 0) is 50.2 Å². The van der Waals surface area contributed by atoms with Gasteiger partial charge >= 0.3 is 47.5 Å². The van der Waals surface area contributed by atoms with Gasteiger partial charge in [-0.3, -0.25) is 29.3 Å². The number of esters is 2. The number of nitrogens with zero attached hydrogens (tertiary/aromatic N) is 5. The zero-order chi connectivity index (χ0) is 40.0. The van der Waals surface area contributed by atoms with Crippen LogP contribution >= 0.6 is 15.9 Å². The molecule has 0 saturated carbocycles. The fraction of sp³-hybridized carbons (Fsp3) is 0.143. The molecule has 0 fully saturated rings. The predicted molar refractivity (Wildman–Crippen MR) is 219 cm³/mol. The van der Waals surface area contributed by atoms with Crippen molar-refractivity contribution in [1.29, 1.82) is 0 Å². The van der Waals surface area contributed by atoms with E-state index < -0.39 is 5.97 Å². The van der Waals surface area contributed by atoms with Crippen molar-refractivity contribution in [2.24, 2.45) is 0 Å². The van der Waals surface area contributed by atoms with Gasteiger partial charge in [0.05, 0.1) is 35.1 Å². The molecular formula is C42H42BrN6NaO7. The van der Waals surface area contributed by atoms with Crippen molar-refractivity contribution in [3.63, 3.8) is 0 Å². The van der Waals surface area contributed by atoms with E-state index in [0.29, 0.717) is 13.2 Å². The number of ether oxygens (including phenoxy) is 2. The van der Waals surface area contributed by atoms with Gasteiger partial charge in [0.15, 0.2) is 0 Å². The fourth-order valence-electron chi connectivity index (χ4n) is 5.07. The number of pyridine rings is 3. The van der Waals surface area contributed by atoms with Crippen LogP contribution in [0.3, 0.4) is 0 Å². The summed E-state index contributed by atoms with van der Waals surface area (Å²) < 4.78 is 13.7. The van der Waals surface area contributed by atoms with Gasteiger partial charge in [-0.05, 0) is 47.5 Å². The van der Waals surface area contributed by atoms with Gasteiger partial charge in [-0.25, -0.2) is 0 Å². The minimum Gasteiger partial charge on any atom is -1.00 e. The van der Waals surface area contributed by atoms with E-state index in [4.69, 9.17) is 19.7 Å². The molecule has 15 heteroatoms. The largest absolute Gasteiger partial charge is 1.00 e. The maximum absolute atomic E-state index is 11.9. The fourth-order valence-corrected chi connectivity index (χ4v) is 5.23. The zero-order valence-electron chi connectivity index (χ0n) is 32.5. The number of benzene rings is 2. The van der Waals surface area contributed by atoms with E-state index in [1.807, 2.05) is 120 Å². The minimum atomic E-state index is -0.846. The third-order valence-electron chi connectivity index (χ3n) is 7.71. The third kappa shape index (κ3) is 15.4. The number of fused-ring (bicyclic) bond motifs is 3. The van der Waals surface area contributed by atoms with Crippen LogP contribution < -0.4 is 29.6 Å². The number of hydrogen-bond acceptors (Lipinski definition) is 9. The van der Waals surface area contributed by atoms with Crippen LogP contribution in [-0.4, -0.2) is 69.6 Å². The molecular weight excluding hydrogens is 803 g/mol. The van der Waals surface area contributed by atoms with E-state index in [-0.39, 0.29) is 61.3 Å². The van der Waals surface area contributed by atoms with Crippen molar-refractivity contribution < 1.29 is 65.1 Å². The number of carboxylic acid groups (broad SMARTS) is 1. The molecule has 6 heterocycles. The Hall–Kier alpha value is -5.64. The molecule has 0 radical (unpaired) electrons. The molecule has 0 atom stereocenters. The van der Waals surface area contributed by atoms with Crippen molar-refractivity contribution in [2.75, 3.05) is 12.4 Å². The molecule has 0 aliphatic rings. The van der Waals surface area contributed by atoms with Crippen molar-refractivity contribution in [1.82, 2.24) is 29.1 Å². The second-order valence-corrected chi connectivity index (χ2v) is 12.1. The Morgan fingerprint density at radius 3 is 1.61 bits per heavy atom. The van der Waals surface area contributed by atoms with E-state index in [1.165, 1.54) is 5.39 Å². The van der Waals surface area contributed by atoms with Crippen LogP contribution in [0.5, 0.6) is 0 Å². The molecule has 0 amide bonds. The van der Waals surface area contributed by atoms with Crippen LogP contribution in [0.4, 0.5) is 0 Å². The first-order valence-corrected chi connectivity index (χ1v) is 18.3. The van der Waals surface area contributed by atoms with Gasteiger partial charge in [-0.15, -0.1) is 0 Å². The molecule has 2 aromatic carbocycles. The summed E-state index contributed by atoms with van der Waals surface area (Å²) in [5, 5.41) is 19.1. The van der Waals surface area contributed by atoms with Crippen LogP contribution in [0, 0.1) is 0 Å². The first-order chi connectivity index (χ1) is 27.4. The van der Waals surface area contributed by atoms with Crippen molar-refractivity contribution >= 4 is 66.5 Å². The average molecular weight is 846 g/mol. The Labute approximate surface area is 361 Å². The molecule has 57 heavy (non-hydrogen) atoms.